The number of anilines is 1. The average molecular weight is 443 g/mol. The second-order valence-corrected chi connectivity index (χ2v) is 9.92. The molecular weight excluding hydrogens is 416 g/mol. The maximum Gasteiger partial charge on any atom is 0.337 e. The Kier molecular flexibility index (Phi) is 5.85. The van der Waals surface area contributed by atoms with Crippen LogP contribution in [0.3, 0.4) is 0 Å². The first-order chi connectivity index (χ1) is 14.8. The predicted octanol–water partition coefficient (Wildman–Crippen LogP) is 3.24. The van der Waals surface area contributed by atoms with Crippen LogP contribution in [-0.4, -0.2) is 50.8 Å². The summed E-state index contributed by atoms with van der Waals surface area (Å²) < 4.78 is 32.7. The van der Waals surface area contributed by atoms with Crippen molar-refractivity contribution in [3.8, 4) is 0 Å². The third-order valence-corrected chi connectivity index (χ3v) is 8.08. The number of hydrogen-bond donors (Lipinski definition) is 0. The van der Waals surface area contributed by atoms with Crippen molar-refractivity contribution < 1.29 is 22.7 Å². The number of carbonyl (C=O) groups is 2. The van der Waals surface area contributed by atoms with Gasteiger partial charge in [-0.25, -0.2) is 13.2 Å². The Morgan fingerprint density at radius 1 is 1.03 bits per heavy atom. The highest BCUT2D eigenvalue weighted by atomic mass is 32.2. The summed E-state index contributed by atoms with van der Waals surface area (Å²) in [5, 5.41) is 0. The highest BCUT2D eigenvalue weighted by Crippen LogP contribution is 2.31. The molecule has 2 aliphatic heterocycles. The van der Waals surface area contributed by atoms with Crippen molar-refractivity contribution in [3.63, 3.8) is 0 Å². The number of fused-ring (bicyclic) bond motifs is 1. The number of piperidine rings is 1. The van der Waals surface area contributed by atoms with Crippen molar-refractivity contribution in [2.45, 2.75) is 43.5 Å². The van der Waals surface area contributed by atoms with Gasteiger partial charge in [0.25, 0.3) is 5.91 Å². The lowest BCUT2D eigenvalue weighted by molar-refractivity contribution is 0.0600. The van der Waals surface area contributed by atoms with Gasteiger partial charge in [-0.05, 0) is 68.1 Å². The number of hydrogen-bond acceptors (Lipinski definition) is 5. The molecule has 2 aromatic rings. The minimum atomic E-state index is -3.66. The molecule has 7 nitrogen and oxygen atoms in total. The van der Waals surface area contributed by atoms with E-state index >= 15 is 0 Å². The van der Waals surface area contributed by atoms with Gasteiger partial charge in [0.15, 0.2) is 0 Å². The van der Waals surface area contributed by atoms with Gasteiger partial charge < -0.3 is 9.64 Å². The summed E-state index contributed by atoms with van der Waals surface area (Å²) >= 11 is 0. The lowest BCUT2D eigenvalue weighted by Crippen LogP contribution is -2.42. The summed E-state index contributed by atoms with van der Waals surface area (Å²) in [7, 11) is -2.33. The number of methoxy groups -OCH3 is 1. The van der Waals surface area contributed by atoms with Crippen molar-refractivity contribution in [1.29, 1.82) is 0 Å². The smallest absolute Gasteiger partial charge is 0.337 e. The molecule has 31 heavy (non-hydrogen) atoms. The fourth-order valence-electron chi connectivity index (χ4n) is 4.37. The largest absolute Gasteiger partial charge is 0.465 e. The van der Waals surface area contributed by atoms with E-state index in [9.17, 15) is 18.0 Å². The predicted molar refractivity (Wildman–Crippen MR) is 117 cm³/mol. The third kappa shape index (κ3) is 3.97. The van der Waals surface area contributed by atoms with Crippen LogP contribution in [0.5, 0.6) is 0 Å². The second-order valence-electron chi connectivity index (χ2n) is 8.03. The highest BCUT2D eigenvalue weighted by molar-refractivity contribution is 7.89. The van der Waals surface area contributed by atoms with Crippen LogP contribution in [0.2, 0.25) is 0 Å². The fraction of sp³-hybridized carbons (Fsp3) is 0.391. The van der Waals surface area contributed by atoms with E-state index in [2.05, 4.69) is 0 Å². The zero-order valence-corrected chi connectivity index (χ0v) is 18.5. The number of esters is 1. The van der Waals surface area contributed by atoms with Crippen LogP contribution in [0, 0.1) is 0 Å². The summed E-state index contributed by atoms with van der Waals surface area (Å²) in [6, 6.07) is 11.3. The van der Waals surface area contributed by atoms with Gasteiger partial charge in [0.05, 0.1) is 17.6 Å². The Labute approximate surface area is 182 Å². The van der Waals surface area contributed by atoms with Crippen molar-refractivity contribution in [1.82, 2.24) is 4.31 Å². The van der Waals surface area contributed by atoms with Gasteiger partial charge in [-0.15, -0.1) is 0 Å². The molecule has 1 amide bonds. The lowest BCUT2D eigenvalue weighted by Gasteiger charge is -2.32. The number of ether oxygens (including phenoxy) is 1. The van der Waals surface area contributed by atoms with Crippen LogP contribution >= 0.6 is 0 Å². The molecule has 0 bridgehead atoms. The Hall–Kier alpha value is -2.71. The Balaban J connectivity index is 1.61. The molecule has 0 spiro atoms. The van der Waals surface area contributed by atoms with Crippen molar-refractivity contribution in [2.24, 2.45) is 0 Å². The maximum absolute atomic E-state index is 13.2. The average Bonchev–Trinajstić information content (AvgIpc) is 3.21. The van der Waals surface area contributed by atoms with Crippen LogP contribution in [-0.2, 0) is 21.2 Å². The van der Waals surface area contributed by atoms with Gasteiger partial charge in [0.1, 0.15) is 0 Å². The maximum atomic E-state index is 13.2. The highest BCUT2D eigenvalue weighted by Gasteiger charge is 2.32. The number of sulfonamides is 1. The van der Waals surface area contributed by atoms with E-state index in [1.165, 1.54) is 13.2 Å². The van der Waals surface area contributed by atoms with Crippen LogP contribution in [0.4, 0.5) is 5.69 Å². The molecule has 0 aromatic heterocycles. The van der Waals surface area contributed by atoms with Crippen LogP contribution in [0.15, 0.2) is 47.4 Å². The molecular formula is C23H26N2O5S. The summed E-state index contributed by atoms with van der Waals surface area (Å²) in [4.78, 5) is 26.8. The summed E-state index contributed by atoms with van der Waals surface area (Å²) in [6.07, 6.45) is 3.34. The van der Waals surface area contributed by atoms with Crippen molar-refractivity contribution in [3.05, 3.63) is 59.2 Å². The van der Waals surface area contributed by atoms with E-state index in [0.717, 1.165) is 30.5 Å². The first kappa shape index (κ1) is 21.5. The molecule has 0 saturated carbocycles. The van der Waals surface area contributed by atoms with Crippen LogP contribution in [0.1, 0.15) is 52.5 Å². The first-order valence-corrected chi connectivity index (χ1v) is 11.9. The van der Waals surface area contributed by atoms with Gasteiger partial charge in [0.2, 0.25) is 10.0 Å². The molecule has 2 aliphatic rings. The van der Waals surface area contributed by atoms with E-state index in [-0.39, 0.29) is 16.8 Å². The molecule has 8 heteroatoms. The van der Waals surface area contributed by atoms with Gasteiger partial charge >= 0.3 is 5.97 Å². The summed E-state index contributed by atoms with van der Waals surface area (Å²) in [5.74, 6) is -0.675. The van der Waals surface area contributed by atoms with Crippen molar-refractivity contribution in [2.75, 3.05) is 25.1 Å². The molecule has 1 unspecified atom stereocenters. The van der Waals surface area contributed by atoms with Gasteiger partial charge in [-0.3, -0.25) is 4.79 Å². The molecule has 1 saturated heterocycles. The number of carbonyl (C=O) groups excluding carboxylic acids is 2. The Bertz CT molecular complexity index is 1130. The molecule has 1 fully saturated rings. The third-order valence-electron chi connectivity index (χ3n) is 6.07. The molecule has 0 N–H and O–H groups in total. The number of amides is 1. The zero-order valence-electron chi connectivity index (χ0n) is 17.7. The zero-order chi connectivity index (χ0) is 22.2. The van der Waals surface area contributed by atoms with E-state index in [1.807, 2.05) is 6.92 Å². The monoisotopic (exact) mass is 442 g/mol. The molecule has 0 aliphatic carbocycles. The topological polar surface area (TPSA) is 84.0 Å². The van der Waals surface area contributed by atoms with E-state index < -0.39 is 16.0 Å². The Morgan fingerprint density at radius 2 is 1.84 bits per heavy atom. The molecule has 1 atom stereocenters. The van der Waals surface area contributed by atoms with Gasteiger partial charge in [0, 0.05) is 30.4 Å². The number of nitrogens with zero attached hydrogens (tertiary/aromatic N) is 2. The molecule has 2 aromatic carbocycles. The fourth-order valence-corrected chi connectivity index (χ4v) is 6.11. The van der Waals surface area contributed by atoms with Crippen molar-refractivity contribution >= 4 is 27.6 Å². The van der Waals surface area contributed by atoms with Gasteiger partial charge in [-0.1, -0.05) is 12.5 Å². The lowest BCUT2D eigenvalue weighted by atomic mass is 10.1. The molecule has 4 rings (SSSR count). The standard InChI is InChI=1S/C23H26N2O5S/c1-16-6-3-4-12-25(16)31(28,29)20-8-5-7-18(15-20)22(26)24-13-11-17-14-19(23(27)30-2)9-10-21(17)24/h5,7-10,14-16H,3-4,6,11-13H2,1-2H3. The Morgan fingerprint density at radius 3 is 2.58 bits per heavy atom. The van der Waals surface area contributed by atoms with E-state index in [1.54, 1.807) is 45.6 Å². The molecule has 0 radical (unpaired) electrons. The van der Waals surface area contributed by atoms with Crippen LogP contribution in [0.25, 0.3) is 0 Å². The minimum absolute atomic E-state index is 0.0485. The molecule has 2 heterocycles. The minimum Gasteiger partial charge on any atom is -0.465 e. The normalized spacial score (nSPS) is 19.2. The summed E-state index contributed by atoms with van der Waals surface area (Å²) in [5.41, 5.74) is 2.40. The quantitative estimate of drug-likeness (QED) is 0.679. The van der Waals surface area contributed by atoms with Gasteiger partial charge in [-0.2, -0.15) is 4.31 Å². The first-order valence-electron chi connectivity index (χ1n) is 10.5. The van der Waals surface area contributed by atoms with E-state index in [4.69, 9.17) is 4.74 Å². The summed E-state index contributed by atoms with van der Waals surface area (Å²) in [6.45, 7) is 2.90. The van der Waals surface area contributed by atoms with E-state index in [0.29, 0.717) is 30.6 Å². The number of rotatable bonds is 4. The SMILES string of the molecule is COC(=O)c1ccc2c(c1)CCN2C(=O)c1cccc(S(=O)(=O)N2CCCCC2C)c1. The second kappa shape index (κ2) is 8.43. The molecule has 164 valence electrons. The number of benzene rings is 2. The van der Waals surface area contributed by atoms with Crippen LogP contribution < -0.4 is 4.90 Å².